The average Bonchev–Trinajstić information content (AvgIpc) is 2.82. The summed E-state index contributed by atoms with van der Waals surface area (Å²) in [5.74, 6) is 0.471. The first kappa shape index (κ1) is 23.2. The van der Waals surface area contributed by atoms with Gasteiger partial charge in [-0.3, -0.25) is 9.78 Å². The van der Waals surface area contributed by atoms with E-state index in [4.69, 9.17) is 4.74 Å². The minimum atomic E-state index is -3.60. The number of nitrogens with zero attached hydrogens (tertiary/aromatic N) is 1. The molecule has 0 unspecified atom stereocenters. The van der Waals surface area contributed by atoms with Crippen molar-refractivity contribution in [1.29, 1.82) is 0 Å². The number of ether oxygens (including phenoxy) is 1. The first-order valence-electron chi connectivity index (χ1n) is 10.1. The third-order valence-corrected chi connectivity index (χ3v) is 5.52. The molecule has 0 atom stereocenters. The van der Waals surface area contributed by atoms with Gasteiger partial charge in [-0.1, -0.05) is 48.5 Å². The fourth-order valence-corrected chi connectivity index (χ4v) is 3.54. The molecule has 1 aromatic heterocycles. The van der Waals surface area contributed by atoms with Crippen LogP contribution in [0.15, 0.2) is 84.4 Å². The lowest BCUT2D eigenvalue weighted by atomic mass is 10.2. The molecule has 3 rings (SSSR count). The summed E-state index contributed by atoms with van der Waals surface area (Å²) >= 11 is 0. The minimum absolute atomic E-state index is 0.0214. The average molecular weight is 452 g/mol. The molecule has 0 saturated heterocycles. The van der Waals surface area contributed by atoms with E-state index >= 15 is 0 Å². The summed E-state index contributed by atoms with van der Waals surface area (Å²) in [6, 6.07) is 22.2. The van der Waals surface area contributed by atoms with Crippen LogP contribution in [0.3, 0.4) is 0 Å². The number of carbonyl (C=O) groups is 1. The molecular weight excluding hydrogens is 426 g/mol. The Morgan fingerprint density at radius 1 is 0.969 bits per heavy atom. The van der Waals surface area contributed by atoms with E-state index < -0.39 is 10.0 Å². The van der Waals surface area contributed by atoms with E-state index in [2.05, 4.69) is 15.0 Å². The van der Waals surface area contributed by atoms with Gasteiger partial charge in [0.1, 0.15) is 12.4 Å². The van der Waals surface area contributed by atoms with Gasteiger partial charge in [0.2, 0.25) is 15.9 Å². The van der Waals surface area contributed by atoms with Crippen LogP contribution in [0, 0.1) is 0 Å². The van der Waals surface area contributed by atoms with E-state index in [1.807, 2.05) is 60.7 Å². The zero-order chi connectivity index (χ0) is 22.7. The zero-order valence-corrected chi connectivity index (χ0v) is 18.3. The van der Waals surface area contributed by atoms with Gasteiger partial charge in [-0.25, -0.2) is 13.1 Å². The maximum Gasteiger partial charge on any atom is 0.233 e. The van der Waals surface area contributed by atoms with Crippen LogP contribution in [-0.4, -0.2) is 25.9 Å². The molecule has 3 aromatic rings. The predicted octanol–water partition coefficient (Wildman–Crippen LogP) is 3.26. The highest BCUT2D eigenvalue weighted by molar-refractivity contribution is 7.92. The largest absolute Gasteiger partial charge is 0.487 e. The summed E-state index contributed by atoms with van der Waals surface area (Å²) in [6.45, 7) is 0.751. The Balaban J connectivity index is 1.36. The number of hydrogen-bond acceptors (Lipinski definition) is 5. The molecule has 1 amide bonds. The number of aromatic nitrogens is 1. The van der Waals surface area contributed by atoms with Gasteiger partial charge in [0.25, 0.3) is 0 Å². The fraction of sp³-hybridized carbons (Fsp3) is 0.167. The van der Waals surface area contributed by atoms with Crippen molar-refractivity contribution < 1.29 is 17.9 Å². The van der Waals surface area contributed by atoms with Crippen LogP contribution >= 0.6 is 0 Å². The monoisotopic (exact) mass is 451 g/mol. The van der Waals surface area contributed by atoms with Gasteiger partial charge in [0.15, 0.2) is 0 Å². The lowest BCUT2D eigenvalue weighted by molar-refractivity contribution is -0.121. The summed E-state index contributed by atoms with van der Waals surface area (Å²) in [4.78, 5) is 16.2. The van der Waals surface area contributed by atoms with Gasteiger partial charge < -0.3 is 10.1 Å². The topological polar surface area (TPSA) is 97.4 Å². The van der Waals surface area contributed by atoms with Gasteiger partial charge in [0, 0.05) is 31.1 Å². The summed E-state index contributed by atoms with van der Waals surface area (Å²) in [5, 5.41) is 3.87. The zero-order valence-electron chi connectivity index (χ0n) is 17.5. The number of amides is 1. The van der Waals surface area contributed by atoms with E-state index in [0.717, 1.165) is 22.2 Å². The number of hydrogen-bond donors (Lipinski definition) is 2. The second-order valence-corrected chi connectivity index (χ2v) is 8.58. The van der Waals surface area contributed by atoms with Crippen LogP contribution in [0.5, 0.6) is 5.75 Å². The third-order valence-electron chi connectivity index (χ3n) is 4.42. The number of benzene rings is 2. The maximum atomic E-state index is 12.0. The van der Waals surface area contributed by atoms with E-state index in [1.54, 1.807) is 18.3 Å². The molecule has 2 N–H and O–H groups in total. The molecule has 0 saturated carbocycles. The maximum absolute atomic E-state index is 12.0. The van der Waals surface area contributed by atoms with Crippen LogP contribution in [-0.2, 0) is 28.0 Å². The highest BCUT2D eigenvalue weighted by atomic mass is 32.2. The Bertz CT molecular complexity index is 1120. The molecule has 0 radical (unpaired) electrons. The number of sulfonamides is 1. The summed E-state index contributed by atoms with van der Waals surface area (Å²) in [7, 11) is -3.60. The first-order valence-corrected chi connectivity index (χ1v) is 11.7. The van der Waals surface area contributed by atoms with Crippen LogP contribution in [0.25, 0.3) is 6.08 Å². The Labute approximate surface area is 188 Å². The van der Waals surface area contributed by atoms with Gasteiger partial charge in [-0.2, -0.15) is 0 Å². The summed E-state index contributed by atoms with van der Waals surface area (Å²) in [5.41, 5.74) is 2.54. The third kappa shape index (κ3) is 8.33. The van der Waals surface area contributed by atoms with Gasteiger partial charge >= 0.3 is 0 Å². The fourth-order valence-electron chi connectivity index (χ4n) is 2.72. The lowest BCUT2D eigenvalue weighted by Crippen LogP contribution is -2.29. The predicted molar refractivity (Wildman–Crippen MR) is 124 cm³/mol. The van der Waals surface area contributed by atoms with Crippen LogP contribution in [0.2, 0.25) is 0 Å². The van der Waals surface area contributed by atoms with E-state index in [1.165, 1.54) is 6.08 Å². The normalized spacial score (nSPS) is 11.4. The molecular formula is C24H25N3O4S. The Kier molecular flexibility index (Phi) is 8.53. The number of pyridine rings is 1. The SMILES string of the molecule is O=C(CCNS(=O)(=O)C=Cc1ccccc1)NCc1ccc(OCc2ccccn2)cc1. The van der Waals surface area contributed by atoms with E-state index in [9.17, 15) is 13.2 Å². The van der Waals surface area contributed by atoms with Crippen molar-refractivity contribution in [2.24, 2.45) is 0 Å². The van der Waals surface area contributed by atoms with Crippen molar-refractivity contribution in [2.45, 2.75) is 19.6 Å². The molecule has 0 bridgehead atoms. The summed E-state index contributed by atoms with van der Waals surface area (Å²) < 4.78 is 32.1. The molecule has 32 heavy (non-hydrogen) atoms. The van der Waals surface area contributed by atoms with Crippen molar-refractivity contribution in [3.8, 4) is 5.75 Å². The van der Waals surface area contributed by atoms with Crippen molar-refractivity contribution in [3.63, 3.8) is 0 Å². The lowest BCUT2D eigenvalue weighted by Gasteiger charge is -2.08. The first-order chi connectivity index (χ1) is 15.5. The molecule has 2 aromatic carbocycles. The van der Waals surface area contributed by atoms with E-state index in [-0.39, 0.29) is 18.9 Å². The highest BCUT2D eigenvalue weighted by Gasteiger charge is 2.07. The van der Waals surface area contributed by atoms with Gasteiger partial charge in [-0.15, -0.1) is 0 Å². The molecule has 0 spiro atoms. The highest BCUT2D eigenvalue weighted by Crippen LogP contribution is 2.13. The van der Waals surface area contributed by atoms with Crippen molar-refractivity contribution in [1.82, 2.24) is 15.0 Å². The Morgan fingerprint density at radius 2 is 1.72 bits per heavy atom. The van der Waals surface area contributed by atoms with Crippen LogP contribution in [0.4, 0.5) is 0 Å². The minimum Gasteiger partial charge on any atom is -0.487 e. The molecule has 0 aliphatic heterocycles. The molecule has 0 fully saturated rings. The second-order valence-electron chi connectivity index (χ2n) is 6.93. The van der Waals surface area contributed by atoms with Gasteiger partial charge in [-0.05, 0) is 41.5 Å². The van der Waals surface area contributed by atoms with Gasteiger partial charge in [0.05, 0.1) is 5.69 Å². The van der Waals surface area contributed by atoms with Crippen LogP contribution in [0.1, 0.15) is 23.2 Å². The molecule has 1 heterocycles. The quantitative estimate of drug-likeness (QED) is 0.466. The Hall–Kier alpha value is -3.49. The molecule has 7 nitrogen and oxygen atoms in total. The number of nitrogens with one attached hydrogen (secondary N) is 2. The standard InChI is InChI=1S/C24H25N3O4S/c28-24(13-16-27-32(29,30)17-14-20-6-2-1-3-7-20)26-18-21-9-11-23(12-10-21)31-19-22-8-4-5-15-25-22/h1-12,14-15,17,27H,13,16,18-19H2,(H,26,28). The smallest absolute Gasteiger partial charge is 0.233 e. The van der Waals surface area contributed by atoms with E-state index in [0.29, 0.717) is 18.9 Å². The molecule has 0 aliphatic rings. The van der Waals surface area contributed by atoms with Crippen LogP contribution < -0.4 is 14.8 Å². The molecule has 0 aliphatic carbocycles. The molecule has 8 heteroatoms. The van der Waals surface area contributed by atoms with Crippen molar-refractivity contribution in [2.75, 3.05) is 6.54 Å². The summed E-state index contributed by atoms with van der Waals surface area (Å²) in [6.07, 6.45) is 3.27. The molecule has 166 valence electrons. The Morgan fingerprint density at radius 3 is 2.44 bits per heavy atom. The van der Waals surface area contributed by atoms with Crippen molar-refractivity contribution in [3.05, 3.63) is 101 Å². The number of rotatable bonds is 11. The number of carbonyl (C=O) groups excluding carboxylic acids is 1. The second kappa shape index (κ2) is 11.8. The van der Waals surface area contributed by atoms with Crippen molar-refractivity contribution >= 4 is 22.0 Å².